The Morgan fingerprint density at radius 3 is 2.06 bits per heavy atom. The Morgan fingerprint density at radius 2 is 1.47 bits per heavy atom. The average molecular weight is 477 g/mol. The molecule has 5 heteroatoms. The summed E-state index contributed by atoms with van der Waals surface area (Å²) in [5.74, 6) is 1.17. The molecule has 0 aromatic carbocycles. The van der Waals surface area contributed by atoms with Gasteiger partial charge in [0.1, 0.15) is 0 Å². The number of aliphatic hydroxyl groups is 1. The number of fused-ring (bicyclic) bond motifs is 1. The summed E-state index contributed by atoms with van der Waals surface area (Å²) in [5, 5.41) is 14.8. The van der Waals surface area contributed by atoms with E-state index in [1.54, 1.807) is 0 Å². The van der Waals surface area contributed by atoms with Gasteiger partial charge in [0.15, 0.2) is 6.54 Å². The van der Waals surface area contributed by atoms with Crippen molar-refractivity contribution < 1.29 is 14.5 Å². The van der Waals surface area contributed by atoms with E-state index in [1.807, 2.05) is 0 Å². The van der Waals surface area contributed by atoms with Crippen LogP contribution in [0.15, 0.2) is 11.1 Å². The van der Waals surface area contributed by atoms with Crippen molar-refractivity contribution in [2.45, 2.75) is 136 Å². The molecule has 0 aromatic heterocycles. The first-order chi connectivity index (χ1) is 16.5. The maximum atomic E-state index is 12.5. The Hall–Kier alpha value is -1.36. The molecule has 2 N–H and O–H groups in total. The molecule has 0 saturated carbocycles. The SMILES string of the molecule is CCCCCCCCCCCCCCC1(O)C(C)=C(C)C2=[N+](CC(=O)NCCCC)CCCN21. The van der Waals surface area contributed by atoms with Crippen LogP contribution in [0.4, 0.5) is 0 Å². The summed E-state index contributed by atoms with van der Waals surface area (Å²) in [6.07, 6.45) is 19.8. The minimum Gasteiger partial charge on any atom is -0.353 e. The Balaban J connectivity index is 1.77. The molecule has 0 saturated heterocycles. The van der Waals surface area contributed by atoms with E-state index in [0.717, 1.165) is 68.7 Å². The van der Waals surface area contributed by atoms with E-state index in [1.165, 1.54) is 70.6 Å². The molecule has 1 unspecified atom stereocenters. The molecule has 0 spiro atoms. The van der Waals surface area contributed by atoms with Gasteiger partial charge in [0.2, 0.25) is 5.72 Å². The highest BCUT2D eigenvalue weighted by molar-refractivity contribution is 5.99. The van der Waals surface area contributed by atoms with Crippen molar-refractivity contribution in [3.05, 3.63) is 11.1 Å². The molecule has 1 atom stereocenters. The van der Waals surface area contributed by atoms with Crippen molar-refractivity contribution >= 4 is 11.7 Å². The lowest BCUT2D eigenvalue weighted by atomic mass is 9.96. The number of amides is 1. The van der Waals surface area contributed by atoms with Gasteiger partial charge in [-0.05, 0) is 26.7 Å². The van der Waals surface area contributed by atoms with Crippen molar-refractivity contribution in [3.63, 3.8) is 0 Å². The number of hydrogen-bond donors (Lipinski definition) is 2. The van der Waals surface area contributed by atoms with Crippen molar-refractivity contribution in [1.82, 2.24) is 10.2 Å². The summed E-state index contributed by atoms with van der Waals surface area (Å²) < 4.78 is 2.18. The average Bonchev–Trinajstić information content (AvgIpc) is 3.02. The zero-order chi connectivity index (χ0) is 24.8. The maximum Gasteiger partial charge on any atom is 0.278 e. The Kier molecular flexibility index (Phi) is 13.2. The summed E-state index contributed by atoms with van der Waals surface area (Å²) in [4.78, 5) is 14.7. The third-order valence-corrected chi connectivity index (χ3v) is 7.88. The molecular weight excluding hydrogens is 422 g/mol. The minimum absolute atomic E-state index is 0.0876. The zero-order valence-corrected chi connectivity index (χ0v) is 22.9. The number of carbonyl (C=O) groups excluding carboxylic acids is 1. The smallest absolute Gasteiger partial charge is 0.278 e. The van der Waals surface area contributed by atoms with E-state index in [9.17, 15) is 9.90 Å². The Morgan fingerprint density at radius 1 is 0.912 bits per heavy atom. The molecule has 0 radical (unpaired) electrons. The summed E-state index contributed by atoms with van der Waals surface area (Å²) in [6.45, 7) is 11.5. The van der Waals surface area contributed by atoms with E-state index in [0.29, 0.717) is 6.54 Å². The van der Waals surface area contributed by atoms with Gasteiger partial charge < -0.3 is 10.4 Å². The topological polar surface area (TPSA) is 55.6 Å². The van der Waals surface area contributed by atoms with Crippen molar-refractivity contribution in [2.24, 2.45) is 0 Å². The third kappa shape index (κ3) is 8.39. The van der Waals surface area contributed by atoms with Crippen LogP contribution in [0.3, 0.4) is 0 Å². The van der Waals surface area contributed by atoms with E-state index < -0.39 is 5.72 Å². The van der Waals surface area contributed by atoms with Gasteiger partial charge >= 0.3 is 0 Å². The molecule has 1 amide bonds. The van der Waals surface area contributed by atoms with Gasteiger partial charge in [-0.2, -0.15) is 0 Å². The van der Waals surface area contributed by atoms with Crippen molar-refractivity contribution in [2.75, 3.05) is 26.2 Å². The standard InChI is InChI=1S/C29H53N3O2/c1-5-7-9-10-11-12-13-14-15-16-17-18-20-29(34)26(4)25(3)28-31(22-19-23-32(28)29)24-27(33)30-21-8-6-2/h34H,5-24H2,1-4H3/p+1. The van der Waals surface area contributed by atoms with E-state index in [4.69, 9.17) is 0 Å². The Labute approximate surface area is 210 Å². The Bertz CT molecular complexity index is 685. The predicted molar refractivity (Wildman–Crippen MR) is 143 cm³/mol. The van der Waals surface area contributed by atoms with Crippen LogP contribution < -0.4 is 5.32 Å². The van der Waals surface area contributed by atoms with Gasteiger partial charge in [-0.15, -0.1) is 0 Å². The van der Waals surface area contributed by atoms with Crippen LogP contribution in [-0.4, -0.2) is 58.2 Å². The van der Waals surface area contributed by atoms with E-state index in [-0.39, 0.29) is 5.91 Å². The zero-order valence-electron chi connectivity index (χ0n) is 22.9. The van der Waals surface area contributed by atoms with Crippen LogP contribution in [-0.2, 0) is 4.79 Å². The van der Waals surface area contributed by atoms with Crippen LogP contribution in [0.1, 0.15) is 130 Å². The van der Waals surface area contributed by atoms with Gasteiger partial charge in [-0.1, -0.05) is 90.9 Å². The molecule has 5 nitrogen and oxygen atoms in total. The second kappa shape index (κ2) is 15.6. The molecular formula is C29H54N3O2+. The van der Waals surface area contributed by atoms with Crippen LogP contribution >= 0.6 is 0 Å². The lowest BCUT2D eigenvalue weighted by molar-refractivity contribution is -0.528. The predicted octanol–water partition coefficient (Wildman–Crippen LogP) is 6.15. The first-order valence-electron chi connectivity index (χ1n) is 14.5. The first-order valence-corrected chi connectivity index (χ1v) is 14.5. The van der Waals surface area contributed by atoms with Crippen molar-refractivity contribution in [1.29, 1.82) is 0 Å². The molecule has 2 rings (SSSR count). The maximum absolute atomic E-state index is 12.5. The number of rotatable bonds is 18. The van der Waals surface area contributed by atoms with Crippen LogP contribution in [0.5, 0.6) is 0 Å². The summed E-state index contributed by atoms with van der Waals surface area (Å²) in [6, 6.07) is 0. The highest BCUT2D eigenvalue weighted by Crippen LogP contribution is 2.39. The molecule has 2 aliphatic rings. The number of hydrogen-bond acceptors (Lipinski definition) is 3. The lowest BCUT2D eigenvalue weighted by Gasteiger charge is -2.34. The highest BCUT2D eigenvalue weighted by Gasteiger charge is 2.53. The second-order valence-electron chi connectivity index (χ2n) is 10.7. The largest absolute Gasteiger partial charge is 0.353 e. The number of nitrogens with zero attached hydrogens (tertiary/aromatic N) is 2. The monoisotopic (exact) mass is 476 g/mol. The van der Waals surface area contributed by atoms with Crippen LogP contribution in [0, 0.1) is 0 Å². The number of amidine groups is 1. The quantitative estimate of drug-likeness (QED) is 0.184. The van der Waals surface area contributed by atoms with Crippen LogP contribution in [0.2, 0.25) is 0 Å². The summed E-state index contributed by atoms with van der Waals surface area (Å²) in [5.41, 5.74) is 1.35. The molecule has 0 bridgehead atoms. The molecule has 0 aliphatic carbocycles. The fraction of sp³-hybridized carbons (Fsp3) is 0.862. The third-order valence-electron chi connectivity index (χ3n) is 7.88. The van der Waals surface area contributed by atoms with Crippen LogP contribution in [0.25, 0.3) is 0 Å². The molecule has 34 heavy (non-hydrogen) atoms. The van der Waals surface area contributed by atoms with E-state index >= 15 is 0 Å². The normalized spacial score (nSPS) is 20.3. The number of nitrogens with one attached hydrogen (secondary N) is 1. The second-order valence-corrected chi connectivity index (χ2v) is 10.7. The van der Waals surface area contributed by atoms with Gasteiger partial charge in [0.05, 0.1) is 13.1 Å². The minimum atomic E-state index is -0.880. The molecule has 0 fully saturated rings. The van der Waals surface area contributed by atoms with Gasteiger partial charge in [-0.3, -0.25) is 9.37 Å². The highest BCUT2D eigenvalue weighted by atomic mass is 16.3. The molecule has 196 valence electrons. The van der Waals surface area contributed by atoms with Crippen molar-refractivity contribution in [3.8, 4) is 0 Å². The van der Waals surface area contributed by atoms with Gasteiger partial charge in [0.25, 0.3) is 11.7 Å². The van der Waals surface area contributed by atoms with Gasteiger partial charge in [-0.25, -0.2) is 4.90 Å². The summed E-state index contributed by atoms with van der Waals surface area (Å²) in [7, 11) is 0. The van der Waals surface area contributed by atoms with E-state index in [2.05, 4.69) is 42.5 Å². The lowest BCUT2D eigenvalue weighted by Crippen LogP contribution is -2.54. The molecule has 2 heterocycles. The fourth-order valence-electron chi connectivity index (χ4n) is 5.60. The molecule has 0 aromatic rings. The first kappa shape index (κ1) is 28.9. The molecule has 2 aliphatic heterocycles. The fourth-order valence-corrected chi connectivity index (χ4v) is 5.60. The number of unbranched alkanes of at least 4 members (excludes halogenated alkanes) is 12. The van der Waals surface area contributed by atoms with Gasteiger partial charge in [0, 0.05) is 30.5 Å². The number of carbonyl (C=O) groups is 1. The summed E-state index contributed by atoms with van der Waals surface area (Å²) >= 11 is 0.